The highest BCUT2D eigenvalue weighted by atomic mass is 19.1. The molecule has 2 amide bonds. The van der Waals surface area contributed by atoms with Crippen LogP contribution >= 0.6 is 0 Å². The topological polar surface area (TPSA) is 77.6 Å². The Kier molecular flexibility index (Phi) is 7.74. The number of halogens is 1. The molecule has 2 N–H and O–H groups in total. The lowest BCUT2D eigenvalue weighted by Gasteiger charge is -2.35. The molecular formula is C29H38FN5O2. The van der Waals surface area contributed by atoms with Crippen molar-refractivity contribution in [3.63, 3.8) is 0 Å². The first-order valence-electron chi connectivity index (χ1n) is 13.8. The third-order valence-electron chi connectivity index (χ3n) is 8.41. The van der Waals surface area contributed by atoms with E-state index in [2.05, 4.69) is 20.5 Å². The Morgan fingerprint density at radius 2 is 1.86 bits per heavy atom. The van der Waals surface area contributed by atoms with Crippen molar-refractivity contribution in [1.29, 1.82) is 0 Å². The molecule has 1 aliphatic carbocycles. The van der Waals surface area contributed by atoms with Crippen LogP contribution in [0.15, 0.2) is 36.5 Å². The lowest BCUT2D eigenvalue weighted by atomic mass is 9.83. The van der Waals surface area contributed by atoms with E-state index in [9.17, 15) is 14.0 Å². The Labute approximate surface area is 218 Å². The van der Waals surface area contributed by atoms with E-state index in [-0.39, 0.29) is 35.6 Å². The number of hydrogen-bond donors (Lipinski definition) is 2. The predicted molar refractivity (Wildman–Crippen MR) is 142 cm³/mol. The third-order valence-corrected chi connectivity index (χ3v) is 8.41. The van der Waals surface area contributed by atoms with Gasteiger partial charge < -0.3 is 20.4 Å². The van der Waals surface area contributed by atoms with E-state index in [1.165, 1.54) is 12.5 Å². The molecule has 2 unspecified atom stereocenters. The van der Waals surface area contributed by atoms with Crippen LogP contribution in [-0.2, 0) is 16.0 Å². The molecule has 5 rings (SSSR count). The Morgan fingerprint density at radius 1 is 1.05 bits per heavy atom. The summed E-state index contributed by atoms with van der Waals surface area (Å²) >= 11 is 0. The van der Waals surface area contributed by atoms with Gasteiger partial charge in [0.2, 0.25) is 11.8 Å². The van der Waals surface area contributed by atoms with Crippen LogP contribution in [0.25, 0.3) is 0 Å². The average Bonchev–Trinajstić information content (AvgIpc) is 3.59. The second-order valence-corrected chi connectivity index (χ2v) is 10.7. The summed E-state index contributed by atoms with van der Waals surface area (Å²) < 4.78 is 14.0. The quantitative estimate of drug-likeness (QED) is 0.586. The van der Waals surface area contributed by atoms with Crippen molar-refractivity contribution >= 4 is 23.2 Å². The predicted octanol–water partition coefficient (Wildman–Crippen LogP) is 4.25. The minimum atomic E-state index is -0.513. The molecular weight excluding hydrogens is 469 g/mol. The van der Waals surface area contributed by atoms with Crippen molar-refractivity contribution in [3.05, 3.63) is 53.6 Å². The van der Waals surface area contributed by atoms with Gasteiger partial charge in [0.25, 0.3) is 0 Å². The molecule has 0 spiro atoms. The van der Waals surface area contributed by atoms with E-state index in [0.29, 0.717) is 6.54 Å². The molecule has 3 atom stereocenters. The zero-order chi connectivity index (χ0) is 25.9. The summed E-state index contributed by atoms with van der Waals surface area (Å²) in [6.45, 7) is 3.26. The Bertz CT molecular complexity index is 1140. The fourth-order valence-corrected chi connectivity index (χ4v) is 6.18. The summed E-state index contributed by atoms with van der Waals surface area (Å²) in [5, 5.41) is 6.09. The molecule has 1 saturated heterocycles. The first-order chi connectivity index (χ1) is 18.0. The summed E-state index contributed by atoms with van der Waals surface area (Å²) in [6, 6.07) is 7.96. The SMILES string of the molecule is CNC(C)C(=O)N[C@H](C(=O)N1CCCC1c1cc(N2CCc3ccc(F)cc32)ccn1)C1CCCCC1. The molecule has 3 heterocycles. The van der Waals surface area contributed by atoms with Crippen LogP contribution < -0.4 is 15.5 Å². The summed E-state index contributed by atoms with van der Waals surface area (Å²) in [5.74, 6) is -0.212. The number of likely N-dealkylation sites (N-methyl/N-ethyl adjacent to an activating group) is 1. The smallest absolute Gasteiger partial charge is 0.246 e. The van der Waals surface area contributed by atoms with Crippen LogP contribution in [-0.4, -0.2) is 53.9 Å². The van der Waals surface area contributed by atoms with Gasteiger partial charge >= 0.3 is 0 Å². The lowest BCUT2D eigenvalue weighted by molar-refractivity contribution is -0.139. The maximum absolute atomic E-state index is 14.0. The van der Waals surface area contributed by atoms with Gasteiger partial charge in [-0.1, -0.05) is 25.3 Å². The van der Waals surface area contributed by atoms with Crippen LogP contribution in [0.4, 0.5) is 15.8 Å². The number of nitrogens with zero attached hydrogens (tertiary/aromatic N) is 3. The molecule has 198 valence electrons. The maximum atomic E-state index is 14.0. The fourth-order valence-electron chi connectivity index (χ4n) is 6.18. The second kappa shape index (κ2) is 11.2. The Balaban J connectivity index is 1.39. The van der Waals surface area contributed by atoms with E-state index < -0.39 is 6.04 Å². The molecule has 2 aromatic rings. The van der Waals surface area contributed by atoms with E-state index >= 15 is 0 Å². The van der Waals surface area contributed by atoms with Gasteiger partial charge in [-0.05, 0) is 81.8 Å². The highest BCUT2D eigenvalue weighted by Gasteiger charge is 2.39. The monoisotopic (exact) mass is 507 g/mol. The van der Waals surface area contributed by atoms with Crippen molar-refractivity contribution in [2.45, 2.75) is 76.4 Å². The van der Waals surface area contributed by atoms with Crippen molar-refractivity contribution in [2.75, 3.05) is 25.0 Å². The zero-order valence-electron chi connectivity index (χ0n) is 21.9. The molecule has 2 aliphatic heterocycles. The summed E-state index contributed by atoms with van der Waals surface area (Å²) in [7, 11) is 1.75. The van der Waals surface area contributed by atoms with Crippen LogP contribution in [0.5, 0.6) is 0 Å². The molecule has 7 nitrogen and oxygen atoms in total. The van der Waals surface area contributed by atoms with Gasteiger partial charge in [-0.2, -0.15) is 0 Å². The van der Waals surface area contributed by atoms with Crippen LogP contribution in [0, 0.1) is 11.7 Å². The summed E-state index contributed by atoms with van der Waals surface area (Å²) in [5.41, 5.74) is 3.86. The highest BCUT2D eigenvalue weighted by Crippen LogP contribution is 2.38. The maximum Gasteiger partial charge on any atom is 0.246 e. The van der Waals surface area contributed by atoms with Crippen molar-refractivity contribution < 1.29 is 14.0 Å². The van der Waals surface area contributed by atoms with Gasteiger partial charge in [-0.15, -0.1) is 0 Å². The van der Waals surface area contributed by atoms with E-state index in [4.69, 9.17) is 0 Å². The fraction of sp³-hybridized carbons (Fsp3) is 0.552. The minimum Gasteiger partial charge on any atom is -0.343 e. The Morgan fingerprint density at radius 3 is 2.65 bits per heavy atom. The number of aromatic nitrogens is 1. The molecule has 3 aliphatic rings. The average molecular weight is 508 g/mol. The number of hydrogen-bond acceptors (Lipinski definition) is 5. The molecule has 0 radical (unpaired) electrons. The zero-order valence-corrected chi connectivity index (χ0v) is 21.9. The molecule has 8 heteroatoms. The van der Waals surface area contributed by atoms with Gasteiger partial charge in [-0.25, -0.2) is 4.39 Å². The van der Waals surface area contributed by atoms with Gasteiger partial charge in [0.15, 0.2) is 0 Å². The lowest BCUT2D eigenvalue weighted by Crippen LogP contribution is -2.55. The number of fused-ring (bicyclic) bond motifs is 1. The van der Waals surface area contributed by atoms with E-state index in [0.717, 1.165) is 74.1 Å². The minimum absolute atomic E-state index is 0.00634. The van der Waals surface area contributed by atoms with Gasteiger partial charge in [0.1, 0.15) is 11.9 Å². The van der Waals surface area contributed by atoms with Crippen molar-refractivity contribution in [3.8, 4) is 0 Å². The van der Waals surface area contributed by atoms with Crippen LogP contribution in [0.3, 0.4) is 0 Å². The van der Waals surface area contributed by atoms with Crippen LogP contribution in [0.1, 0.15) is 69.2 Å². The van der Waals surface area contributed by atoms with Gasteiger partial charge in [0.05, 0.1) is 17.8 Å². The van der Waals surface area contributed by atoms with Crippen molar-refractivity contribution in [1.82, 2.24) is 20.5 Å². The molecule has 37 heavy (non-hydrogen) atoms. The van der Waals surface area contributed by atoms with E-state index in [1.54, 1.807) is 19.3 Å². The summed E-state index contributed by atoms with van der Waals surface area (Å²) in [6.07, 6.45) is 9.69. The van der Waals surface area contributed by atoms with E-state index in [1.807, 2.05) is 30.0 Å². The summed E-state index contributed by atoms with van der Waals surface area (Å²) in [4.78, 5) is 35.6. The molecule has 1 aromatic heterocycles. The number of rotatable bonds is 7. The van der Waals surface area contributed by atoms with Gasteiger partial charge in [-0.3, -0.25) is 14.6 Å². The number of benzene rings is 1. The second-order valence-electron chi connectivity index (χ2n) is 10.7. The number of nitrogens with one attached hydrogen (secondary N) is 2. The number of likely N-dealkylation sites (tertiary alicyclic amines) is 1. The molecule has 1 saturated carbocycles. The number of carbonyl (C=O) groups excluding carboxylic acids is 2. The first kappa shape index (κ1) is 25.6. The number of carbonyl (C=O) groups is 2. The number of amides is 2. The van der Waals surface area contributed by atoms with Crippen molar-refractivity contribution in [2.24, 2.45) is 5.92 Å². The standard InChI is InChI=1S/C29H38FN5O2/c1-19(31-2)28(36)33-27(21-7-4-3-5-8-21)29(37)35-15-6-9-25(35)24-18-23(12-14-32-24)34-16-13-20-10-11-22(30)17-26(20)34/h10-12,14,17-19,21,25,27,31H,3-9,13,15-16H2,1-2H3,(H,33,36)/t19?,25?,27-/m0/s1. The molecule has 0 bridgehead atoms. The Hall–Kier alpha value is -3.00. The molecule has 2 fully saturated rings. The third kappa shape index (κ3) is 5.35. The number of anilines is 2. The largest absolute Gasteiger partial charge is 0.343 e. The molecule has 1 aromatic carbocycles. The number of pyridine rings is 1. The van der Waals surface area contributed by atoms with Crippen LogP contribution in [0.2, 0.25) is 0 Å². The first-order valence-corrected chi connectivity index (χ1v) is 13.8. The highest BCUT2D eigenvalue weighted by molar-refractivity contribution is 5.90. The van der Waals surface area contributed by atoms with Gasteiger partial charge in [0, 0.05) is 30.7 Å². The normalized spacial score (nSPS) is 21.5.